The highest BCUT2D eigenvalue weighted by atomic mass is 16.5. The Labute approximate surface area is 152 Å². The van der Waals surface area contributed by atoms with Crippen LogP contribution in [0.3, 0.4) is 0 Å². The van der Waals surface area contributed by atoms with Crippen LogP contribution in [-0.4, -0.2) is 42.3 Å². The first-order chi connectivity index (χ1) is 12.4. The molecule has 26 heavy (non-hydrogen) atoms. The number of amides is 1. The summed E-state index contributed by atoms with van der Waals surface area (Å²) in [5, 5.41) is 12.1. The number of rotatable bonds is 7. The van der Waals surface area contributed by atoms with Gasteiger partial charge in [-0.05, 0) is 37.1 Å². The van der Waals surface area contributed by atoms with Crippen LogP contribution in [0.15, 0.2) is 54.6 Å². The molecule has 0 unspecified atom stereocenters. The van der Waals surface area contributed by atoms with Crippen LogP contribution in [0.1, 0.15) is 13.8 Å². The molecule has 2 aromatic carbocycles. The second-order valence-electron chi connectivity index (χ2n) is 5.90. The third-order valence-corrected chi connectivity index (χ3v) is 3.88. The summed E-state index contributed by atoms with van der Waals surface area (Å²) in [5.74, 6) is -0.708. The zero-order valence-corrected chi connectivity index (χ0v) is 15.0. The summed E-state index contributed by atoms with van der Waals surface area (Å²) in [5.41, 5.74) is 2.12. The van der Waals surface area contributed by atoms with Crippen molar-refractivity contribution in [1.82, 2.24) is 5.32 Å². The smallest absolute Gasteiger partial charge is 0.331 e. The monoisotopic (exact) mass is 357 g/mol. The molecule has 0 fully saturated rings. The standard InChI is InChI=1S/C20H23NO5/c1-13(22)18(20(24)25-3)21-19(23)14(2)26-17-11-9-16(10-12-17)15-7-5-4-6-8-15/h4-14,18,22H,1-3H3,(H,21,23)/t13-,14-,18-/m1/s1. The number of nitrogens with one attached hydrogen (secondary N) is 1. The lowest BCUT2D eigenvalue weighted by Crippen LogP contribution is -2.51. The highest BCUT2D eigenvalue weighted by Crippen LogP contribution is 2.22. The first-order valence-electron chi connectivity index (χ1n) is 8.30. The zero-order valence-electron chi connectivity index (χ0n) is 15.0. The van der Waals surface area contributed by atoms with Gasteiger partial charge in [-0.25, -0.2) is 4.79 Å². The molecule has 2 rings (SSSR count). The second kappa shape index (κ2) is 9.01. The summed E-state index contributed by atoms with van der Waals surface area (Å²) < 4.78 is 10.2. The van der Waals surface area contributed by atoms with Gasteiger partial charge in [-0.15, -0.1) is 0 Å². The fraction of sp³-hybridized carbons (Fsp3) is 0.300. The SMILES string of the molecule is COC(=O)[C@H](NC(=O)[C@@H](C)Oc1ccc(-c2ccccc2)cc1)[C@@H](C)O. The van der Waals surface area contributed by atoms with Crippen LogP contribution in [0, 0.1) is 0 Å². The molecule has 0 aromatic heterocycles. The lowest BCUT2D eigenvalue weighted by Gasteiger charge is -2.21. The highest BCUT2D eigenvalue weighted by molar-refractivity contribution is 5.87. The summed E-state index contributed by atoms with van der Waals surface area (Å²) in [6.45, 7) is 2.96. The molecule has 0 saturated carbocycles. The van der Waals surface area contributed by atoms with Crippen molar-refractivity contribution in [3.63, 3.8) is 0 Å². The Balaban J connectivity index is 1.99. The largest absolute Gasteiger partial charge is 0.481 e. The maximum atomic E-state index is 12.2. The van der Waals surface area contributed by atoms with E-state index in [0.717, 1.165) is 11.1 Å². The third-order valence-electron chi connectivity index (χ3n) is 3.88. The second-order valence-corrected chi connectivity index (χ2v) is 5.90. The molecule has 1 amide bonds. The summed E-state index contributed by atoms with van der Waals surface area (Å²) in [6.07, 6.45) is -1.92. The number of benzene rings is 2. The van der Waals surface area contributed by atoms with Gasteiger partial charge in [0.1, 0.15) is 5.75 Å². The number of carbonyl (C=O) groups is 2. The van der Waals surface area contributed by atoms with E-state index in [-0.39, 0.29) is 0 Å². The summed E-state index contributed by atoms with van der Waals surface area (Å²) in [4.78, 5) is 23.8. The van der Waals surface area contributed by atoms with Gasteiger partial charge in [0.25, 0.3) is 5.91 Å². The number of aliphatic hydroxyl groups excluding tert-OH is 1. The number of hydrogen-bond donors (Lipinski definition) is 2. The zero-order chi connectivity index (χ0) is 19.1. The van der Waals surface area contributed by atoms with Gasteiger partial charge >= 0.3 is 5.97 Å². The van der Waals surface area contributed by atoms with Gasteiger partial charge in [0, 0.05) is 0 Å². The quantitative estimate of drug-likeness (QED) is 0.742. The van der Waals surface area contributed by atoms with Crippen LogP contribution in [0.2, 0.25) is 0 Å². The van der Waals surface area contributed by atoms with E-state index in [2.05, 4.69) is 10.1 Å². The Bertz CT molecular complexity index is 728. The maximum absolute atomic E-state index is 12.2. The topological polar surface area (TPSA) is 84.9 Å². The van der Waals surface area contributed by atoms with E-state index < -0.39 is 30.1 Å². The number of hydrogen-bond acceptors (Lipinski definition) is 5. The van der Waals surface area contributed by atoms with E-state index in [0.29, 0.717) is 5.75 Å². The fourth-order valence-corrected chi connectivity index (χ4v) is 2.39. The van der Waals surface area contributed by atoms with Gasteiger partial charge in [0.15, 0.2) is 12.1 Å². The Hall–Kier alpha value is -2.86. The van der Waals surface area contributed by atoms with Crippen LogP contribution >= 0.6 is 0 Å². The van der Waals surface area contributed by atoms with E-state index in [1.54, 1.807) is 19.1 Å². The van der Waals surface area contributed by atoms with Crippen LogP contribution in [0.5, 0.6) is 5.75 Å². The molecule has 138 valence electrons. The van der Waals surface area contributed by atoms with Crippen LogP contribution in [0.4, 0.5) is 0 Å². The van der Waals surface area contributed by atoms with Gasteiger partial charge in [0.2, 0.25) is 0 Å². The maximum Gasteiger partial charge on any atom is 0.331 e. The molecule has 2 aromatic rings. The van der Waals surface area contributed by atoms with Crippen molar-refractivity contribution in [1.29, 1.82) is 0 Å². The van der Waals surface area contributed by atoms with Gasteiger partial charge in [-0.2, -0.15) is 0 Å². The summed E-state index contributed by atoms with van der Waals surface area (Å²) in [6, 6.07) is 16.1. The molecule has 0 aliphatic rings. The summed E-state index contributed by atoms with van der Waals surface area (Å²) >= 11 is 0. The first-order valence-corrected chi connectivity index (χ1v) is 8.30. The Morgan fingerprint density at radius 1 is 0.962 bits per heavy atom. The molecular formula is C20H23NO5. The number of aliphatic hydroxyl groups is 1. The average molecular weight is 357 g/mol. The van der Waals surface area contributed by atoms with Crippen molar-refractivity contribution in [2.75, 3.05) is 7.11 Å². The van der Waals surface area contributed by atoms with Crippen LogP contribution in [0.25, 0.3) is 11.1 Å². The van der Waals surface area contributed by atoms with Crippen molar-refractivity contribution < 1.29 is 24.2 Å². The minimum Gasteiger partial charge on any atom is -0.481 e. The highest BCUT2D eigenvalue weighted by Gasteiger charge is 2.28. The number of ether oxygens (including phenoxy) is 2. The van der Waals surface area contributed by atoms with E-state index in [1.807, 2.05) is 42.5 Å². The molecular weight excluding hydrogens is 334 g/mol. The normalized spacial score (nSPS) is 14.0. The molecule has 0 saturated heterocycles. The van der Waals surface area contributed by atoms with Crippen molar-refractivity contribution >= 4 is 11.9 Å². The van der Waals surface area contributed by atoms with E-state index in [4.69, 9.17) is 4.74 Å². The van der Waals surface area contributed by atoms with Crippen LogP contribution in [-0.2, 0) is 14.3 Å². The Kier molecular flexibility index (Phi) is 6.74. The third kappa shape index (κ3) is 5.07. The Morgan fingerprint density at radius 2 is 1.54 bits per heavy atom. The van der Waals surface area contributed by atoms with Crippen molar-refractivity contribution in [3.05, 3.63) is 54.6 Å². The molecule has 3 atom stereocenters. The molecule has 6 nitrogen and oxygen atoms in total. The number of carbonyl (C=O) groups excluding carboxylic acids is 2. The Morgan fingerprint density at radius 3 is 2.08 bits per heavy atom. The lowest BCUT2D eigenvalue weighted by atomic mass is 10.1. The van der Waals surface area contributed by atoms with Crippen molar-refractivity contribution in [2.24, 2.45) is 0 Å². The summed E-state index contributed by atoms with van der Waals surface area (Å²) in [7, 11) is 1.19. The predicted octanol–water partition coefficient (Wildman–Crippen LogP) is 2.16. The first kappa shape index (κ1) is 19.5. The van der Waals surface area contributed by atoms with Gasteiger partial charge in [-0.1, -0.05) is 42.5 Å². The molecule has 2 N–H and O–H groups in total. The molecule has 0 spiro atoms. The van der Waals surface area contributed by atoms with Crippen LogP contribution < -0.4 is 10.1 Å². The van der Waals surface area contributed by atoms with Gasteiger partial charge < -0.3 is 19.9 Å². The minimum atomic E-state index is -1.14. The number of methoxy groups -OCH3 is 1. The predicted molar refractivity (Wildman–Crippen MR) is 97.6 cm³/mol. The molecule has 0 aliphatic carbocycles. The molecule has 0 bridgehead atoms. The van der Waals surface area contributed by atoms with Crippen molar-refractivity contribution in [2.45, 2.75) is 32.1 Å². The van der Waals surface area contributed by atoms with Gasteiger partial charge in [-0.3, -0.25) is 4.79 Å². The molecule has 0 radical (unpaired) electrons. The molecule has 6 heteroatoms. The lowest BCUT2D eigenvalue weighted by molar-refractivity contribution is -0.148. The molecule has 0 heterocycles. The average Bonchev–Trinajstić information content (AvgIpc) is 2.66. The van der Waals surface area contributed by atoms with Crippen molar-refractivity contribution in [3.8, 4) is 16.9 Å². The van der Waals surface area contributed by atoms with E-state index >= 15 is 0 Å². The van der Waals surface area contributed by atoms with E-state index in [1.165, 1.54) is 14.0 Å². The number of esters is 1. The van der Waals surface area contributed by atoms with Gasteiger partial charge in [0.05, 0.1) is 13.2 Å². The van der Waals surface area contributed by atoms with E-state index in [9.17, 15) is 14.7 Å². The molecule has 0 aliphatic heterocycles. The minimum absolute atomic E-state index is 0.520. The fourth-order valence-electron chi connectivity index (χ4n) is 2.39.